The van der Waals surface area contributed by atoms with Crippen LogP contribution in [0.5, 0.6) is 0 Å². The molecule has 1 saturated heterocycles. The summed E-state index contributed by atoms with van der Waals surface area (Å²) in [4.78, 5) is 44.3. The van der Waals surface area contributed by atoms with Crippen molar-refractivity contribution in [3.8, 4) is 16.9 Å². The Bertz CT molecular complexity index is 1830. The molecular formula is C31H31F2N7O2S. The third-order valence-electron chi connectivity index (χ3n) is 7.80. The maximum Gasteiger partial charge on any atom is 0.355 e. The number of carbonyl (C=O) groups excluding carboxylic acids is 1. The predicted molar refractivity (Wildman–Crippen MR) is 165 cm³/mol. The highest BCUT2D eigenvalue weighted by molar-refractivity contribution is 7.99. The number of hydrogen-bond acceptors (Lipinski definition) is 8. The van der Waals surface area contributed by atoms with Crippen LogP contribution in [0.3, 0.4) is 0 Å². The standard InChI is InChI=1S/C31H31F2N7O2S/c1-5-24(41)38-12-13-39(18(4)16-38)29-19-15-21(33)27-25-20(32)7-6-8-23(25)43-14-11-34-22-9-10-35-26(17(2)3)28(22)40(30(19)36-27)31(42)37-29/h5-10,15,17-18,34H,1,11-14,16H2,2-4H3/t18-/m0/s1. The molecule has 0 aliphatic carbocycles. The molecular weight excluding hydrogens is 572 g/mol. The highest BCUT2D eigenvalue weighted by Gasteiger charge is 2.31. The minimum Gasteiger partial charge on any atom is -0.382 e. The Hall–Kier alpha value is -4.32. The fraction of sp³-hybridized carbons (Fsp3) is 0.323. The quantitative estimate of drug-likeness (QED) is 0.328. The van der Waals surface area contributed by atoms with Crippen LogP contribution in [0.1, 0.15) is 32.4 Å². The normalized spacial score (nSPS) is 16.7. The second-order valence-electron chi connectivity index (χ2n) is 10.9. The predicted octanol–water partition coefficient (Wildman–Crippen LogP) is 4.99. The molecule has 2 aliphatic rings. The number of pyridine rings is 2. The zero-order chi connectivity index (χ0) is 30.4. The van der Waals surface area contributed by atoms with E-state index in [1.54, 1.807) is 29.3 Å². The molecule has 0 radical (unpaired) electrons. The van der Waals surface area contributed by atoms with Gasteiger partial charge in [-0.25, -0.2) is 23.1 Å². The Labute approximate surface area is 251 Å². The number of thioether (sulfide) groups is 1. The van der Waals surface area contributed by atoms with Crippen molar-refractivity contribution < 1.29 is 13.6 Å². The van der Waals surface area contributed by atoms with E-state index in [1.807, 2.05) is 25.7 Å². The minimum absolute atomic E-state index is 0.0465. The van der Waals surface area contributed by atoms with Gasteiger partial charge in [0, 0.05) is 49.1 Å². The molecule has 4 aromatic rings. The molecule has 222 valence electrons. The molecule has 0 unspecified atom stereocenters. The van der Waals surface area contributed by atoms with Gasteiger partial charge in [0.25, 0.3) is 0 Å². The van der Waals surface area contributed by atoms with Crippen LogP contribution < -0.4 is 15.9 Å². The van der Waals surface area contributed by atoms with Crippen LogP contribution >= 0.6 is 11.8 Å². The molecule has 1 aromatic carbocycles. The number of carbonyl (C=O) groups is 1. The molecule has 9 nitrogen and oxygen atoms in total. The molecule has 0 spiro atoms. The van der Waals surface area contributed by atoms with Crippen LogP contribution in [-0.2, 0) is 4.79 Å². The van der Waals surface area contributed by atoms with Gasteiger partial charge in [0.1, 0.15) is 17.3 Å². The van der Waals surface area contributed by atoms with Crippen molar-refractivity contribution in [3.05, 3.63) is 77.0 Å². The topological polar surface area (TPSA) is 96.3 Å². The van der Waals surface area contributed by atoms with Crippen LogP contribution in [0.4, 0.5) is 20.3 Å². The average Bonchev–Trinajstić information content (AvgIpc) is 2.98. The van der Waals surface area contributed by atoms with Crippen LogP contribution in [0, 0.1) is 11.6 Å². The zero-order valence-electron chi connectivity index (χ0n) is 24.1. The molecule has 1 N–H and O–H groups in total. The van der Waals surface area contributed by atoms with E-state index in [-0.39, 0.29) is 40.6 Å². The van der Waals surface area contributed by atoms with Crippen molar-refractivity contribution in [2.24, 2.45) is 0 Å². The fourth-order valence-corrected chi connectivity index (χ4v) is 6.71. The average molecular weight is 604 g/mol. The summed E-state index contributed by atoms with van der Waals surface area (Å²) in [5.41, 5.74) is 1.16. The van der Waals surface area contributed by atoms with Crippen LogP contribution in [-0.4, -0.2) is 68.3 Å². The van der Waals surface area contributed by atoms with E-state index in [1.165, 1.54) is 34.5 Å². The van der Waals surface area contributed by atoms with Gasteiger partial charge in [-0.3, -0.25) is 9.78 Å². The lowest BCUT2D eigenvalue weighted by molar-refractivity contribution is -0.126. The van der Waals surface area contributed by atoms with Gasteiger partial charge >= 0.3 is 5.69 Å². The molecule has 12 heteroatoms. The van der Waals surface area contributed by atoms with E-state index >= 15 is 8.78 Å². The second-order valence-corrected chi connectivity index (χ2v) is 12.0. The molecule has 5 heterocycles. The zero-order valence-corrected chi connectivity index (χ0v) is 24.9. The highest BCUT2D eigenvalue weighted by atomic mass is 32.2. The van der Waals surface area contributed by atoms with Gasteiger partial charge < -0.3 is 15.1 Å². The Morgan fingerprint density at radius 1 is 1.19 bits per heavy atom. The van der Waals surface area contributed by atoms with Crippen molar-refractivity contribution in [2.45, 2.75) is 37.6 Å². The van der Waals surface area contributed by atoms with Crippen molar-refractivity contribution in [3.63, 3.8) is 0 Å². The van der Waals surface area contributed by atoms with Crippen LogP contribution in [0.25, 0.3) is 28.0 Å². The number of halogens is 2. The van der Waals surface area contributed by atoms with E-state index < -0.39 is 17.3 Å². The molecule has 1 atom stereocenters. The van der Waals surface area contributed by atoms with Crippen molar-refractivity contribution >= 4 is 40.2 Å². The van der Waals surface area contributed by atoms with E-state index in [0.29, 0.717) is 59.3 Å². The molecule has 1 fully saturated rings. The largest absolute Gasteiger partial charge is 0.382 e. The summed E-state index contributed by atoms with van der Waals surface area (Å²) in [5.74, 6) is -0.788. The minimum atomic E-state index is -0.730. The van der Waals surface area contributed by atoms with E-state index in [2.05, 4.69) is 21.9 Å². The summed E-state index contributed by atoms with van der Waals surface area (Å²) < 4.78 is 32.9. The molecule has 1 amide bonds. The SMILES string of the molecule is C=CC(=O)N1CCN(c2nc(=O)n3c4nc(c(F)cc24)-c2c(F)cccc2SCCNc2ccnc(C(C)C)c2-3)[C@@H](C)C1. The first-order chi connectivity index (χ1) is 20.7. The van der Waals surface area contributed by atoms with Gasteiger partial charge in [-0.05, 0) is 43.2 Å². The number of aromatic nitrogens is 4. The van der Waals surface area contributed by atoms with Gasteiger partial charge in [0.15, 0.2) is 11.5 Å². The number of amides is 1. The maximum absolute atomic E-state index is 16.1. The van der Waals surface area contributed by atoms with E-state index in [0.717, 1.165) is 0 Å². The monoisotopic (exact) mass is 603 g/mol. The number of rotatable bonds is 3. The summed E-state index contributed by atoms with van der Waals surface area (Å²) in [6.07, 6.45) is 2.96. The van der Waals surface area contributed by atoms with Crippen molar-refractivity contribution in [1.82, 2.24) is 24.4 Å². The lowest BCUT2D eigenvalue weighted by Crippen LogP contribution is -2.54. The number of benzene rings is 1. The van der Waals surface area contributed by atoms with Gasteiger partial charge in [-0.2, -0.15) is 4.98 Å². The maximum atomic E-state index is 16.1. The molecule has 3 aromatic heterocycles. The lowest BCUT2D eigenvalue weighted by atomic mass is 10.1. The van der Waals surface area contributed by atoms with Crippen molar-refractivity contribution in [2.75, 3.05) is 42.1 Å². The summed E-state index contributed by atoms with van der Waals surface area (Å²) in [7, 11) is 0. The Balaban J connectivity index is 1.68. The molecule has 2 bridgehead atoms. The first kappa shape index (κ1) is 28.8. The van der Waals surface area contributed by atoms with E-state index in [9.17, 15) is 9.59 Å². The number of hydrogen-bond donors (Lipinski definition) is 1. The summed E-state index contributed by atoms with van der Waals surface area (Å²) in [6.45, 7) is 11.0. The second kappa shape index (κ2) is 11.4. The molecule has 0 saturated carbocycles. The number of piperazine rings is 1. The fourth-order valence-electron chi connectivity index (χ4n) is 5.77. The lowest BCUT2D eigenvalue weighted by Gasteiger charge is -2.40. The number of fused-ring (bicyclic) bond motifs is 5. The van der Waals surface area contributed by atoms with Gasteiger partial charge in [-0.1, -0.05) is 26.5 Å². The first-order valence-corrected chi connectivity index (χ1v) is 15.1. The van der Waals surface area contributed by atoms with Gasteiger partial charge in [0.05, 0.1) is 28.0 Å². The van der Waals surface area contributed by atoms with Crippen molar-refractivity contribution in [1.29, 1.82) is 0 Å². The number of anilines is 2. The summed E-state index contributed by atoms with van der Waals surface area (Å²) in [5, 5.41) is 3.71. The summed E-state index contributed by atoms with van der Waals surface area (Å²) in [6, 6.07) is 7.45. The summed E-state index contributed by atoms with van der Waals surface area (Å²) >= 11 is 1.40. The third kappa shape index (κ3) is 5.03. The Kier molecular flexibility index (Phi) is 7.63. The van der Waals surface area contributed by atoms with Crippen LogP contribution in [0.15, 0.2) is 58.9 Å². The third-order valence-corrected chi connectivity index (χ3v) is 8.86. The highest BCUT2D eigenvalue weighted by Crippen LogP contribution is 2.39. The Morgan fingerprint density at radius 2 is 2.00 bits per heavy atom. The Morgan fingerprint density at radius 3 is 2.74 bits per heavy atom. The molecule has 6 rings (SSSR count). The van der Waals surface area contributed by atoms with Gasteiger partial charge in [-0.15, -0.1) is 11.8 Å². The smallest absolute Gasteiger partial charge is 0.355 e. The number of nitrogens with one attached hydrogen (secondary N) is 1. The number of nitrogens with zero attached hydrogens (tertiary/aromatic N) is 6. The first-order valence-electron chi connectivity index (χ1n) is 14.2. The van der Waals surface area contributed by atoms with Gasteiger partial charge in [0.2, 0.25) is 5.91 Å². The molecule has 43 heavy (non-hydrogen) atoms. The van der Waals surface area contributed by atoms with Crippen LogP contribution in [0.2, 0.25) is 0 Å². The van der Waals surface area contributed by atoms with E-state index in [4.69, 9.17) is 4.98 Å². The molecule has 2 aliphatic heterocycles.